The first kappa shape index (κ1) is 14.5. The lowest BCUT2D eigenvalue weighted by molar-refractivity contribution is -0.450. The van der Waals surface area contributed by atoms with Crippen molar-refractivity contribution in [1.29, 1.82) is 0 Å². The molecule has 0 aromatic heterocycles. The summed E-state index contributed by atoms with van der Waals surface area (Å²) in [5, 5.41) is 16.3. The molecule has 0 bridgehead atoms. The normalized spacial score (nSPS) is 12.9. The van der Waals surface area contributed by atoms with Gasteiger partial charge in [0.1, 0.15) is 15.0 Å². The fourth-order valence-electron chi connectivity index (χ4n) is 1.09. The van der Waals surface area contributed by atoms with E-state index in [9.17, 15) is 5.21 Å². The molecule has 17 heavy (non-hydrogen) atoms. The zero-order chi connectivity index (χ0) is 13.4. The SMILES string of the molecule is CC(C)(C)N=[N+]([O-])c1c(Cl)cc(Cl)c(N)c1Br. The van der Waals surface area contributed by atoms with Crippen molar-refractivity contribution in [3.05, 3.63) is 25.8 Å². The third-order valence-corrected chi connectivity index (χ3v) is 3.17. The standard InChI is InChI=1S/C10H12BrCl2N3O/c1-10(2,3)15-16(17)9-6(13)4-5(12)8(14)7(9)11/h4H,14H2,1-3H3. The van der Waals surface area contributed by atoms with E-state index < -0.39 is 5.54 Å². The van der Waals surface area contributed by atoms with Gasteiger partial charge in [0.25, 0.3) is 5.69 Å². The minimum absolute atomic E-state index is 0.156. The summed E-state index contributed by atoms with van der Waals surface area (Å²) < 4.78 is 0.345. The third kappa shape index (κ3) is 3.47. The second-order valence-electron chi connectivity index (χ2n) is 4.46. The molecule has 7 heteroatoms. The summed E-state index contributed by atoms with van der Waals surface area (Å²) in [6, 6.07) is 1.42. The molecule has 0 fully saturated rings. The summed E-state index contributed by atoms with van der Waals surface area (Å²) in [6.07, 6.45) is 0. The second-order valence-corrected chi connectivity index (χ2v) is 6.07. The smallest absolute Gasteiger partial charge is 0.279 e. The Morgan fingerprint density at radius 2 is 1.88 bits per heavy atom. The summed E-state index contributed by atoms with van der Waals surface area (Å²) in [6.45, 7) is 5.41. The van der Waals surface area contributed by atoms with Gasteiger partial charge in [0.15, 0.2) is 0 Å². The number of rotatable bonds is 1. The van der Waals surface area contributed by atoms with Crippen LogP contribution in [-0.4, -0.2) is 10.4 Å². The zero-order valence-corrected chi connectivity index (χ0v) is 12.7. The maximum absolute atomic E-state index is 11.9. The monoisotopic (exact) mass is 339 g/mol. The van der Waals surface area contributed by atoms with Gasteiger partial charge in [-0.15, -0.1) is 0 Å². The Kier molecular flexibility index (Phi) is 4.28. The van der Waals surface area contributed by atoms with Gasteiger partial charge in [-0.25, -0.2) is 0 Å². The maximum Gasteiger partial charge on any atom is 0.279 e. The van der Waals surface area contributed by atoms with Gasteiger partial charge in [-0.1, -0.05) is 28.1 Å². The minimum Gasteiger partial charge on any atom is -0.594 e. The van der Waals surface area contributed by atoms with Crippen LogP contribution in [0.2, 0.25) is 10.0 Å². The molecule has 0 aliphatic rings. The van der Waals surface area contributed by atoms with E-state index in [-0.39, 0.29) is 21.4 Å². The number of nitrogens with two attached hydrogens (primary N) is 1. The summed E-state index contributed by atoms with van der Waals surface area (Å²) in [7, 11) is 0. The molecular formula is C10H12BrCl2N3O. The topological polar surface area (TPSA) is 64.5 Å². The molecule has 0 spiro atoms. The molecule has 1 aromatic rings. The van der Waals surface area contributed by atoms with Gasteiger partial charge in [0, 0.05) is 0 Å². The molecule has 0 aliphatic heterocycles. The van der Waals surface area contributed by atoms with Crippen LogP contribution in [0.1, 0.15) is 20.8 Å². The van der Waals surface area contributed by atoms with Crippen molar-refractivity contribution < 1.29 is 4.86 Å². The first-order valence-electron chi connectivity index (χ1n) is 4.76. The van der Waals surface area contributed by atoms with Crippen molar-refractivity contribution in [3.8, 4) is 0 Å². The van der Waals surface area contributed by atoms with Crippen LogP contribution in [0.5, 0.6) is 0 Å². The predicted octanol–water partition coefficient (Wildman–Crippen LogP) is 4.73. The van der Waals surface area contributed by atoms with Gasteiger partial charge in [-0.2, -0.15) is 0 Å². The number of nitrogen functional groups attached to an aromatic ring is 1. The Balaban J connectivity index is 3.43. The fraction of sp³-hybridized carbons (Fsp3) is 0.400. The van der Waals surface area contributed by atoms with E-state index in [0.717, 1.165) is 0 Å². The van der Waals surface area contributed by atoms with Crippen molar-refractivity contribution in [3.63, 3.8) is 0 Å². The number of anilines is 1. The molecule has 2 N–H and O–H groups in total. The van der Waals surface area contributed by atoms with Crippen LogP contribution in [0.25, 0.3) is 0 Å². The largest absolute Gasteiger partial charge is 0.594 e. The summed E-state index contributed by atoms with van der Waals surface area (Å²) >= 11 is 15.0. The Morgan fingerprint density at radius 1 is 1.35 bits per heavy atom. The molecule has 1 rings (SSSR count). The van der Waals surface area contributed by atoms with Gasteiger partial charge in [-0.05, 0) is 47.9 Å². The van der Waals surface area contributed by atoms with Gasteiger partial charge in [0.05, 0.1) is 10.7 Å². The van der Waals surface area contributed by atoms with E-state index >= 15 is 0 Å². The minimum atomic E-state index is -0.515. The summed E-state index contributed by atoms with van der Waals surface area (Å²) in [4.78, 5) is 0.457. The van der Waals surface area contributed by atoms with Crippen molar-refractivity contribution in [1.82, 2.24) is 0 Å². The van der Waals surface area contributed by atoms with E-state index in [4.69, 9.17) is 28.9 Å². The first-order chi connectivity index (χ1) is 7.63. The van der Waals surface area contributed by atoms with Gasteiger partial charge < -0.3 is 10.9 Å². The fourth-order valence-corrected chi connectivity index (χ4v) is 2.43. The number of azo groups is 1. The van der Waals surface area contributed by atoms with E-state index in [0.29, 0.717) is 9.33 Å². The number of halogens is 3. The Hall–Kier alpha value is -0.520. The summed E-state index contributed by atoms with van der Waals surface area (Å²) in [5.74, 6) is 0. The van der Waals surface area contributed by atoms with E-state index in [1.54, 1.807) is 20.8 Å². The van der Waals surface area contributed by atoms with Crippen LogP contribution < -0.4 is 5.73 Å². The number of hydrogen-bond donors (Lipinski definition) is 1. The second kappa shape index (κ2) is 5.00. The van der Waals surface area contributed by atoms with Crippen LogP contribution in [0, 0.1) is 5.21 Å². The number of nitrogens with zero attached hydrogens (tertiary/aromatic N) is 2. The van der Waals surface area contributed by atoms with Crippen LogP contribution in [-0.2, 0) is 0 Å². The highest BCUT2D eigenvalue weighted by Crippen LogP contribution is 2.41. The molecule has 0 atom stereocenters. The molecule has 4 nitrogen and oxygen atoms in total. The molecule has 0 saturated carbocycles. The zero-order valence-electron chi connectivity index (χ0n) is 9.59. The molecule has 94 valence electrons. The number of hydrogen-bond acceptors (Lipinski definition) is 3. The van der Waals surface area contributed by atoms with Crippen LogP contribution in [0.3, 0.4) is 0 Å². The maximum atomic E-state index is 11.9. The molecule has 0 amide bonds. The highest BCUT2D eigenvalue weighted by atomic mass is 79.9. The summed E-state index contributed by atoms with van der Waals surface area (Å²) in [5.41, 5.74) is 5.61. The first-order valence-corrected chi connectivity index (χ1v) is 6.31. The van der Waals surface area contributed by atoms with Crippen molar-refractivity contribution in [2.75, 3.05) is 5.73 Å². The molecule has 0 unspecified atom stereocenters. The lowest BCUT2D eigenvalue weighted by Gasteiger charge is -2.12. The van der Waals surface area contributed by atoms with Crippen molar-refractivity contribution in [2.24, 2.45) is 5.11 Å². The molecule has 0 aliphatic carbocycles. The van der Waals surface area contributed by atoms with Gasteiger partial charge >= 0.3 is 0 Å². The highest BCUT2D eigenvalue weighted by Gasteiger charge is 2.23. The molecule has 0 heterocycles. The van der Waals surface area contributed by atoms with Gasteiger partial charge in [-0.3, -0.25) is 0 Å². The third-order valence-electron chi connectivity index (χ3n) is 1.76. The van der Waals surface area contributed by atoms with Gasteiger partial charge in [0.2, 0.25) is 0 Å². The average Bonchev–Trinajstić information content (AvgIpc) is 2.11. The lowest BCUT2D eigenvalue weighted by Crippen LogP contribution is -2.13. The van der Waals surface area contributed by atoms with Crippen LogP contribution in [0.15, 0.2) is 15.7 Å². The highest BCUT2D eigenvalue weighted by molar-refractivity contribution is 9.10. The van der Waals surface area contributed by atoms with Crippen LogP contribution in [0.4, 0.5) is 11.4 Å². The Labute approximate surface area is 118 Å². The predicted molar refractivity (Wildman–Crippen MR) is 74.0 cm³/mol. The quantitative estimate of drug-likeness (QED) is 0.347. The van der Waals surface area contributed by atoms with Crippen molar-refractivity contribution in [2.45, 2.75) is 26.3 Å². The van der Waals surface area contributed by atoms with E-state index in [2.05, 4.69) is 21.0 Å². The average molecular weight is 341 g/mol. The van der Waals surface area contributed by atoms with E-state index in [1.165, 1.54) is 6.07 Å². The number of benzene rings is 1. The molecule has 0 saturated heterocycles. The van der Waals surface area contributed by atoms with Crippen LogP contribution >= 0.6 is 39.1 Å². The molecule has 1 aromatic carbocycles. The molecular weight excluding hydrogens is 329 g/mol. The molecule has 0 radical (unpaired) electrons. The van der Waals surface area contributed by atoms with Crippen molar-refractivity contribution >= 4 is 50.5 Å². The Morgan fingerprint density at radius 3 is 2.35 bits per heavy atom. The Bertz CT molecular complexity index is 483. The lowest BCUT2D eigenvalue weighted by atomic mass is 10.1. The van der Waals surface area contributed by atoms with E-state index in [1.807, 2.05) is 0 Å².